The number of nitrogens with zero attached hydrogens (tertiary/aromatic N) is 1. The van der Waals surface area contributed by atoms with Crippen LogP contribution in [0.4, 0.5) is 5.69 Å². The Kier molecular flexibility index (Phi) is 7.98. The lowest BCUT2D eigenvalue weighted by molar-refractivity contribution is -0.117. The molecule has 5 nitrogen and oxygen atoms in total. The molecule has 0 spiro atoms. The molecule has 1 amide bonds. The maximum Gasteiger partial charge on any atom is 0.241 e. The van der Waals surface area contributed by atoms with Gasteiger partial charge < -0.3 is 15.4 Å². The Morgan fingerprint density at radius 2 is 2.17 bits per heavy atom. The molecule has 2 N–H and O–H groups in total. The first-order chi connectivity index (χ1) is 10.7. The Hall–Kier alpha value is -1.82. The molecular formula is C17H21Cl2N3O2. The maximum atomic E-state index is 12.1. The summed E-state index contributed by atoms with van der Waals surface area (Å²) in [6.07, 6.45) is 5.32. The van der Waals surface area contributed by atoms with E-state index in [-0.39, 0.29) is 36.8 Å². The van der Waals surface area contributed by atoms with Gasteiger partial charge in [0.25, 0.3) is 0 Å². The second-order valence-corrected chi connectivity index (χ2v) is 5.41. The van der Waals surface area contributed by atoms with Crippen molar-refractivity contribution in [2.24, 2.45) is 0 Å². The van der Waals surface area contributed by atoms with Crippen LogP contribution < -0.4 is 15.4 Å². The molecule has 3 rings (SSSR count). The molecule has 130 valence electrons. The maximum absolute atomic E-state index is 12.1. The standard InChI is InChI=1S/C17H19N3O2.2ClH/c1-12-10-13(20-17(21)15-5-3-9-19-15)6-7-16(12)22-14-4-2-8-18-11-14;;/h2,4,6-8,10-11,15,19H,3,5,9H2,1H3,(H,20,21);2*1H. The van der Waals surface area contributed by atoms with Gasteiger partial charge in [0.15, 0.2) is 0 Å². The molecule has 1 saturated heterocycles. The van der Waals surface area contributed by atoms with Crippen LogP contribution in [-0.4, -0.2) is 23.5 Å². The molecule has 1 aromatic carbocycles. The number of benzene rings is 1. The van der Waals surface area contributed by atoms with E-state index in [4.69, 9.17) is 4.74 Å². The number of amides is 1. The van der Waals surface area contributed by atoms with E-state index < -0.39 is 0 Å². The first-order valence-corrected chi connectivity index (χ1v) is 7.45. The van der Waals surface area contributed by atoms with E-state index in [9.17, 15) is 4.79 Å². The summed E-state index contributed by atoms with van der Waals surface area (Å²) in [5, 5.41) is 6.14. The molecule has 0 bridgehead atoms. The third kappa shape index (κ3) is 5.09. The summed E-state index contributed by atoms with van der Waals surface area (Å²) in [4.78, 5) is 16.1. The van der Waals surface area contributed by atoms with Gasteiger partial charge >= 0.3 is 0 Å². The van der Waals surface area contributed by atoms with Crippen LogP contribution in [-0.2, 0) is 4.79 Å². The van der Waals surface area contributed by atoms with Crippen LogP contribution in [0, 0.1) is 6.92 Å². The minimum Gasteiger partial charge on any atom is -0.455 e. The van der Waals surface area contributed by atoms with Crippen molar-refractivity contribution < 1.29 is 9.53 Å². The largest absolute Gasteiger partial charge is 0.455 e. The van der Waals surface area contributed by atoms with Crippen LogP contribution in [0.1, 0.15) is 18.4 Å². The summed E-state index contributed by atoms with van der Waals surface area (Å²) in [6.45, 7) is 2.87. The number of halogens is 2. The van der Waals surface area contributed by atoms with E-state index in [0.717, 1.165) is 36.4 Å². The highest BCUT2D eigenvalue weighted by molar-refractivity contribution is 5.95. The number of carbonyl (C=O) groups excluding carboxylic acids is 1. The van der Waals surface area contributed by atoms with Gasteiger partial charge in [-0.05, 0) is 62.2 Å². The molecule has 0 aliphatic carbocycles. The fourth-order valence-corrected chi connectivity index (χ4v) is 2.51. The molecule has 1 fully saturated rings. The quantitative estimate of drug-likeness (QED) is 0.861. The van der Waals surface area contributed by atoms with Crippen molar-refractivity contribution in [2.75, 3.05) is 11.9 Å². The monoisotopic (exact) mass is 369 g/mol. The van der Waals surface area contributed by atoms with Crippen molar-refractivity contribution in [1.29, 1.82) is 0 Å². The summed E-state index contributed by atoms with van der Waals surface area (Å²) >= 11 is 0. The first-order valence-electron chi connectivity index (χ1n) is 7.45. The zero-order valence-electron chi connectivity index (χ0n) is 13.3. The van der Waals surface area contributed by atoms with Crippen LogP contribution in [0.25, 0.3) is 0 Å². The molecule has 1 aromatic heterocycles. The third-order valence-electron chi connectivity index (χ3n) is 3.68. The smallest absolute Gasteiger partial charge is 0.241 e. The van der Waals surface area contributed by atoms with Crippen LogP contribution in [0.5, 0.6) is 11.5 Å². The van der Waals surface area contributed by atoms with Gasteiger partial charge in [-0.2, -0.15) is 0 Å². The van der Waals surface area contributed by atoms with Crippen LogP contribution >= 0.6 is 24.8 Å². The number of hydrogen-bond acceptors (Lipinski definition) is 4. The number of aromatic nitrogens is 1. The van der Waals surface area contributed by atoms with E-state index >= 15 is 0 Å². The lowest BCUT2D eigenvalue weighted by atomic mass is 10.1. The molecule has 24 heavy (non-hydrogen) atoms. The second kappa shape index (κ2) is 9.47. The van der Waals surface area contributed by atoms with Crippen molar-refractivity contribution in [2.45, 2.75) is 25.8 Å². The highest BCUT2D eigenvalue weighted by Crippen LogP contribution is 2.27. The molecule has 2 heterocycles. The number of anilines is 1. The topological polar surface area (TPSA) is 63.2 Å². The Morgan fingerprint density at radius 1 is 1.33 bits per heavy atom. The van der Waals surface area contributed by atoms with Gasteiger partial charge in [-0.1, -0.05) is 0 Å². The Bertz CT molecular complexity index is 662. The fraction of sp³-hybridized carbons (Fsp3) is 0.294. The van der Waals surface area contributed by atoms with E-state index in [1.807, 2.05) is 37.3 Å². The van der Waals surface area contributed by atoms with Crippen LogP contribution in [0.2, 0.25) is 0 Å². The molecule has 1 unspecified atom stereocenters. The highest BCUT2D eigenvalue weighted by Gasteiger charge is 2.21. The van der Waals surface area contributed by atoms with Gasteiger partial charge in [0.2, 0.25) is 5.91 Å². The van der Waals surface area contributed by atoms with Gasteiger partial charge in [0.05, 0.1) is 12.2 Å². The summed E-state index contributed by atoms with van der Waals surface area (Å²) in [6, 6.07) is 9.23. The lowest BCUT2D eigenvalue weighted by Gasteiger charge is -2.13. The molecule has 1 aliphatic heterocycles. The average molecular weight is 370 g/mol. The van der Waals surface area contributed by atoms with Gasteiger partial charge in [0.1, 0.15) is 11.5 Å². The van der Waals surface area contributed by atoms with Gasteiger partial charge in [-0.3, -0.25) is 9.78 Å². The molecule has 2 aromatic rings. The number of pyridine rings is 1. The van der Waals surface area contributed by atoms with Crippen molar-refractivity contribution in [1.82, 2.24) is 10.3 Å². The number of nitrogens with one attached hydrogen (secondary N) is 2. The van der Waals surface area contributed by atoms with Gasteiger partial charge in [-0.25, -0.2) is 0 Å². The van der Waals surface area contributed by atoms with Crippen molar-refractivity contribution in [3.05, 3.63) is 48.3 Å². The van der Waals surface area contributed by atoms with Crippen molar-refractivity contribution in [3.8, 4) is 11.5 Å². The number of carbonyl (C=O) groups is 1. The number of ether oxygens (including phenoxy) is 1. The third-order valence-corrected chi connectivity index (χ3v) is 3.68. The predicted molar refractivity (Wildman–Crippen MR) is 99.6 cm³/mol. The van der Waals surface area contributed by atoms with Crippen molar-refractivity contribution in [3.63, 3.8) is 0 Å². The van der Waals surface area contributed by atoms with Gasteiger partial charge in [0, 0.05) is 11.9 Å². The average Bonchev–Trinajstić information content (AvgIpc) is 3.05. The van der Waals surface area contributed by atoms with E-state index in [2.05, 4.69) is 15.6 Å². The fourth-order valence-electron chi connectivity index (χ4n) is 2.51. The highest BCUT2D eigenvalue weighted by atomic mass is 35.5. The van der Waals surface area contributed by atoms with E-state index in [0.29, 0.717) is 5.75 Å². The van der Waals surface area contributed by atoms with Gasteiger partial charge in [-0.15, -0.1) is 24.8 Å². The SMILES string of the molecule is Cc1cc(NC(=O)C2CCCN2)ccc1Oc1cccnc1.Cl.Cl. The Labute approximate surface area is 154 Å². The number of rotatable bonds is 4. The molecule has 7 heteroatoms. The van der Waals surface area contributed by atoms with E-state index in [1.54, 1.807) is 12.4 Å². The van der Waals surface area contributed by atoms with Crippen LogP contribution in [0.3, 0.4) is 0 Å². The van der Waals surface area contributed by atoms with Crippen molar-refractivity contribution >= 4 is 36.4 Å². The normalized spacial score (nSPS) is 15.8. The van der Waals surface area contributed by atoms with E-state index in [1.165, 1.54) is 0 Å². The molecule has 1 atom stereocenters. The zero-order chi connectivity index (χ0) is 15.4. The first kappa shape index (κ1) is 20.2. The Balaban J connectivity index is 0.00000144. The lowest BCUT2D eigenvalue weighted by Crippen LogP contribution is -2.35. The summed E-state index contributed by atoms with van der Waals surface area (Å²) in [5.74, 6) is 1.47. The minimum absolute atomic E-state index is 0. The molecule has 1 aliphatic rings. The summed E-state index contributed by atoms with van der Waals surface area (Å²) < 4.78 is 5.78. The second-order valence-electron chi connectivity index (χ2n) is 5.41. The van der Waals surface area contributed by atoms with Crippen LogP contribution in [0.15, 0.2) is 42.7 Å². The summed E-state index contributed by atoms with van der Waals surface area (Å²) in [5.41, 5.74) is 1.75. The predicted octanol–water partition coefficient (Wildman–Crippen LogP) is 3.72. The molecular weight excluding hydrogens is 349 g/mol. The molecule has 0 saturated carbocycles. The minimum atomic E-state index is -0.0772. The number of hydrogen-bond donors (Lipinski definition) is 2. The molecule has 0 radical (unpaired) electrons. The Morgan fingerprint density at radius 3 is 2.79 bits per heavy atom. The zero-order valence-corrected chi connectivity index (χ0v) is 15.0. The summed E-state index contributed by atoms with van der Waals surface area (Å²) in [7, 11) is 0. The number of aryl methyl sites for hydroxylation is 1.